The molecule has 0 heterocycles. The lowest BCUT2D eigenvalue weighted by molar-refractivity contribution is 0.0810. The third-order valence-corrected chi connectivity index (χ3v) is 3.06. The van der Waals surface area contributed by atoms with Crippen LogP contribution in [0.5, 0.6) is 5.75 Å². The highest BCUT2D eigenvalue weighted by atomic mass is 16.3. The van der Waals surface area contributed by atoms with Crippen molar-refractivity contribution in [1.82, 2.24) is 4.90 Å². The van der Waals surface area contributed by atoms with E-state index in [1.807, 2.05) is 30.3 Å². The Morgan fingerprint density at radius 1 is 1.20 bits per heavy atom. The fraction of sp³-hybridized carbons (Fsp3) is 0.118. The molecule has 0 aliphatic heterocycles. The molecule has 1 amide bonds. The number of hydrogen-bond acceptors (Lipinski definition) is 2. The number of carbonyl (C=O) groups excluding carboxylic acids is 1. The van der Waals surface area contributed by atoms with Gasteiger partial charge in [-0.15, -0.1) is 6.58 Å². The van der Waals surface area contributed by atoms with Crippen LogP contribution in [0.25, 0.3) is 11.1 Å². The topological polar surface area (TPSA) is 40.5 Å². The van der Waals surface area contributed by atoms with Crippen molar-refractivity contribution in [3.8, 4) is 16.9 Å². The Morgan fingerprint density at radius 3 is 2.55 bits per heavy atom. The van der Waals surface area contributed by atoms with Crippen molar-refractivity contribution in [3.05, 3.63) is 66.7 Å². The normalized spacial score (nSPS) is 10.1. The molecule has 0 saturated heterocycles. The van der Waals surface area contributed by atoms with Crippen molar-refractivity contribution in [1.29, 1.82) is 0 Å². The van der Waals surface area contributed by atoms with Crippen molar-refractivity contribution < 1.29 is 9.90 Å². The van der Waals surface area contributed by atoms with E-state index in [0.29, 0.717) is 12.1 Å². The van der Waals surface area contributed by atoms with Crippen LogP contribution < -0.4 is 0 Å². The zero-order valence-corrected chi connectivity index (χ0v) is 11.4. The van der Waals surface area contributed by atoms with Crippen LogP contribution in [0.4, 0.5) is 0 Å². The van der Waals surface area contributed by atoms with Crippen molar-refractivity contribution in [2.75, 3.05) is 13.6 Å². The Bertz CT molecular complexity index is 617. The zero-order chi connectivity index (χ0) is 14.5. The minimum Gasteiger partial charge on any atom is -0.508 e. The van der Waals surface area contributed by atoms with Crippen LogP contribution in [0, 0.1) is 0 Å². The summed E-state index contributed by atoms with van der Waals surface area (Å²) >= 11 is 0. The molecule has 3 nitrogen and oxygen atoms in total. The molecule has 2 aromatic carbocycles. The van der Waals surface area contributed by atoms with E-state index >= 15 is 0 Å². The molecule has 0 saturated carbocycles. The Kier molecular flexibility index (Phi) is 4.20. The summed E-state index contributed by atoms with van der Waals surface area (Å²) in [6.45, 7) is 4.15. The summed E-state index contributed by atoms with van der Waals surface area (Å²) in [6, 6.07) is 14.4. The van der Waals surface area contributed by atoms with Crippen molar-refractivity contribution in [2.45, 2.75) is 0 Å². The van der Waals surface area contributed by atoms with Gasteiger partial charge in [0.15, 0.2) is 0 Å². The third-order valence-electron chi connectivity index (χ3n) is 3.06. The molecular formula is C17H17NO2. The van der Waals surface area contributed by atoms with Crippen LogP contribution in [0.2, 0.25) is 0 Å². The average Bonchev–Trinajstić information content (AvgIpc) is 2.47. The van der Waals surface area contributed by atoms with Gasteiger partial charge >= 0.3 is 0 Å². The van der Waals surface area contributed by atoms with Gasteiger partial charge in [-0.25, -0.2) is 0 Å². The number of nitrogens with zero attached hydrogens (tertiary/aromatic N) is 1. The summed E-state index contributed by atoms with van der Waals surface area (Å²) in [6.07, 6.45) is 1.70. The lowest BCUT2D eigenvalue weighted by Gasteiger charge is -2.15. The lowest BCUT2D eigenvalue weighted by atomic mass is 10.0. The van der Waals surface area contributed by atoms with Gasteiger partial charge in [-0.2, -0.15) is 0 Å². The number of carbonyl (C=O) groups is 1. The standard InChI is InChI=1S/C17H17NO2/c1-3-11-18(2)17(20)15-6-4-5-14(12-15)13-7-9-16(19)10-8-13/h3-10,12,19H,1,11H2,2H3. The second-order valence-corrected chi connectivity index (χ2v) is 4.60. The van der Waals surface area contributed by atoms with Crippen LogP contribution in [0.3, 0.4) is 0 Å². The first-order valence-corrected chi connectivity index (χ1v) is 6.37. The Labute approximate surface area is 118 Å². The number of rotatable bonds is 4. The van der Waals surface area contributed by atoms with E-state index in [1.165, 1.54) is 0 Å². The van der Waals surface area contributed by atoms with Gasteiger partial charge in [0.2, 0.25) is 0 Å². The van der Waals surface area contributed by atoms with Gasteiger partial charge < -0.3 is 10.0 Å². The SMILES string of the molecule is C=CCN(C)C(=O)c1cccc(-c2ccc(O)cc2)c1. The van der Waals surface area contributed by atoms with Gasteiger partial charge in [0.05, 0.1) is 0 Å². The summed E-state index contributed by atoms with van der Waals surface area (Å²) in [5.74, 6) is 0.192. The Balaban J connectivity index is 2.30. The second-order valence-electron chi connectivity index (χ2n) is 4.60. The van der Waals surface area contributed by atoms with E-state index < -0.39 is 0 Å². The van der Waals surface area contributed by atoms with E-state index in [-0.39, 0.29) is 11.7 Å². The van der Waals surface area contributed by atoms with Crippen LogP contribution in [0.15, 0.2) is 61.2 Å². The van der Waals surface area contributed by atoms with E-state index in [2.05, 4.69) is 6.58 Å². The zero-order valence-electron chi connectivity index (χ0n) is 11.4. The second kappa shape index (κ2) is 6.06. The number of aromatic hydroxyl groups is 1. The van der Waals surface area contributed by atoms with Gasteiger partial charge in [-0.1, -0.05) is 30.3 Å². The van der Waals surface area contributed by atoms with E-state index in [9.17, 15) is 9.90 Å². The monoisotopic (exact) mass is 267 g/mol. The molecule has 0 radical (unpaired) electrons. The first-order chi connectivity index (χ1) is 9.61. The predicted octanol–water partition coefficient (Wildman–Crippen LogP) is 3.32. The van der Waals surface area contributed by atoms with E-state index in [0.717, 1.165) is 11.1 Å². The molecule has 0 spiro atoms. The smallest absolute Gasteiger partial charge is 0.253 e. The summed E-state index contributed by atoms with van der Waals surface area (Å²) in [4.78, 5) is 13.8. The molecule has 20 heavy (non-hydrogen) atoms. The van der Waals surface area contributed by atoms with Gasteiger partial charge in [0.1, 0.15) is 5.75 Å². The van der Waals surface area contributed by atoms with Crippen LogP contribution in [0.1, 0.15) is 10.4 Å². The quantitative estimate of drug-likeness (QED) is 0.863. The number of phenols is 1. The van der Waals surface area contributed by atoms with Gasteiger partial charge in [-0.3, -0.25) is 4.79 Å². The van der Waals surface area contributed by atoms with Gasteiger partial charge in [-0.05, 0) is 35.4 Å². The summed E-state index contributed by atoms with van der Waals surface area (Å²) in [5, 5.41) is 9.31. The maximum Gasteiger partial charge on any atom is 0.253 e. The maximum atomic E-state index is 12.2. The third kappa shape index (κ3) is 3.06. The van der Waals surface area contributed by atoms with Crippen LogP contribution in [-0.4, -0.2) is 29.5 Å². The number of hydrogen-bond donors (Lipinski definition) is 1. The van der Waals surface area contributed by atoms with Crippen molar-refractivity contribution >= 4 is 5.91 Å². The van der Waals surface area contributed by atoms with Gasteiger partial charge in [0.25, 0.3) is 5.91 Å². The van der Waals surface area contributed by atoms with Crippen molar-refractivity contribution in [3.63, 3.8) is 0 Å². The molecule has 2 aromatic rings. The fourth-order valence-electron chi connectivity index (χ4n) is 1.98. The molecule has 0 unspecified atom stereocenters. The Morgan fingerprint density at radius 2 is 1.90 bits per heavy atom. The molecule has 0 aliphatic carbocycles. The van der Waals surface area contributed by atoms with Crippen molar-refractivity contribution in [2.24, 2.45) is 0 Å². The average molecular weight is 267 g/mol. The molecule has 0 fully saturated rings. The maximum absolute atomic E-state index is 12.2. The molecule has 102 valence electrons. The largest absolute Gasteiger partial charge is 0.508 e. The highest BCUT2D eigenvalue weighted by molar-refractivity contribution is 5.95. The molecule has 0 bridgehead atoms. The Hall–Kier alpha value is -2.55. The highest BCUT2D eigenvalue weighted by Crippen LogP contribution is 2.23. The minimum absolute atomic E-state index is 0.0365. The fourth-order valence-corrected chi connectivity index (χ4v) is 1.98. The minimum atomic E-state index is -0.0365. The van der Waals surface area contributed by atoms with E-state index in [4.69, 9.17) is 0 Å². The molecule has 0 atom stereocenters. The lowest BCUT2D eigenvalue weighted by Crippen LogP contribution is -2.26. The molecule has 1 N–H and O–H groups in total. The number of phenolic OH excluding ortho intramolecular Hbond substituents is 1. The van der Waals surface area contributed by atoms with E-state index in [1.54, 1.807) is 36.2 Å². The number of amides is 1. The predicted molar refractivity (Wildman–Crippen MR) is 80.7 cm³/mol. The molecular weight excluding hydrogens is 250 g/mol. The summed E-state index contributed by atoms with van der Waals surface area (Å²) in [5.41, 5.74) is 2.55. The number of benzene rings is 2. The molecule has 0 aliphatic rings. The molecule has 0 aromatic heterocycles. The highest BCUT2D eigenvalue weighted by Gasteiger charge is 2.11. The van der Waals surface area contributed by atoms with Gasteiger partial charge in [0, 0.05) is 19.2 Å². The summed E-state index contributed by atoms with van der Waals surface area (Å²) in [7, 11) is 1.75. The molecule has 3 heteroatoms. The van der Waals surface area contributed by atoms with Crippen LogP contribution >= 0.6 is 0 Å². The first kappa shape index (κ1) is 13.9. The number of likely N-dealkylation sites (N-methyl/N-ethyl adjacent to an activating group) is 1. The molecule has 2 rings (SSSR count). The first-order valence-electron chi connectivity index (χ1n) is 6.37. The summed E-state index contributed by atoms with van der Waals surface area (Å²) < 4.78 is 0. The van der Waals surface area contributed by atoms with Crippen LogP contribution in [-0.2, 0) is 0 Å².